The number of aromatic nitrogens is 3. The Hall–Kier alpha value is -2.86. The zero-order valence-corrected chi connectivity index (χ0v) is 18.0. The Balaban J connectivity index is 1.47. The molecule has 5 rings (SSSR count). The highest BCUT2D eigenvalue weighted by atomic mass is 35.5. The van der Waals surface area contributed by atoms with Crippen LogP contribution in [0, 0.1) is 6.92 Å². The lowest BCUT2D eigenvalue weighted by molar-refractivity contribution is 0.0748. The lowest BCUT2D eigenvalue weighted by Gasteiger charge is -2.23. The third-order valence-electron chi connectivity index (χ3n) is 6.13. The first-order valence-corrected chi connectivity index (χ1v) is 10.5. The molecular weight excluding hydrogens is 400 g/mol. The van der Waals surface area contributed by atoms with Gasteiger partial charge in [0.1, 0.15) is 11.8 Å². The molecule has 0 radical (unpaired) electrons. The number of fused-ring (bicyclic) bond motifs is 3. The Labute approximate surface area is 180 Å². The van der Waals surface area contributed by atoms with Crippen LogP contribution in [0.4, 0.5) is 0 Å². The molecule has 1 saturated heterocycles. The van der Waals surface area contributed by atoms with Crippen LogP contribution < -0.4 is 4.74 Å². The number of nitrogens with zero attached hydrogens (tertiary/aromatic N) is 4. The van der Waals surface area contributed by atoms with E-state index in [0.717, 1.165) is 34.4 Å². The molecule has 0 unspecified atom stereocenters. The summed E-state index contributed by atoms with van der Waals surface area (Å²) in [5, 5.41) is 8.69. The normalized spacial score (nSPS) is 20.1. The van der Waals surface area contributed by atoms with Gasteiger partial charge in [-0.2, -0.15) is 0 Å². The van der Waals surface area contributed by atoms with E-state index < -0.39 is 0 Å². The number of hydrogen-bond donors (Lipinski definition) is 0. The van der Waals surface area contributed by atoms with Crippen LogP contribution in [-0.4, -0.2) is 44.5 Å². The van der Waals surface area contributed by atoms with E-state index in [0.29, 0.717) is 29.3 Å². The Morgan fingerprint density at radius 1 is 1.27 bits per heavy atom. The fraction of sp³-hybridized carbons (Fsp3) is 0.348. The number of aryl methyl sites for hydroxylation is 1. The average Bonchev–Trinajstić information content (AvgIpc) is 3.29. The summed E-state index contributed by atoms with van der Waals surface area (Å²) in [6.45, 7) is 4.69. The van der Waals surface area contributed by atoms with Crippen molar-refractivity contribution in [1.29, 1.82) is 0 Å². The standard InChI is InChI=1S/C23H23ClN4O2/c1-13-8-18-11-28(13)23(29)19-10-17(14(2)21(24)22(19)30-18)9-15-4-6-16(7-5-15)20-12-27(3)26-25-20/h4-7,10,12-13,18H,8-9,11H2,1-3H3/t13-,18-/m0/s1. The number of ether oxygens (including phenoxy) is 1. The van der Waals surface area contributed by atoms with Gasteiger partial charge in [0.2, 0.25) is 0 Å². The molecule has 3 aromatic rings. The van der Waals surface area contributed by atoms with Crippen molar-refractivity contribution in [2.45, 2.75) is 38.8 Å². The van der Waals surface area contributed by atoms with Gasteiger partial charge in [0.05, 0.1) is 23.3 Å². The van der Waals surface area contributed by atoms with E-state index in [1.165, 1.54) is 0 Å². The number of carbonyl (C=O) groups excluding carboxylic acids is 1. The second-order valence-electron chi connectivity index (χ2n) is 8.28. The van der Waals surface area contributed by atoms with Crippen molar-refractivity contribution < 1.29 is 9.53 Å². The second kappa shape index (κ2) is 7.13. The van der Waals surface area contributed by atoms with Crippen LogP contribution in [0.25, 0.3) is 11.3 Å². The molecule has 154 valence electrons. The molecule has 2 aliphatic rings. The fourth-order valence-electron chi connectivity index (χ4n) is 4.40. The molecule has 2 aromatic carbocycles. The van der Waals surface area contributed by atoms with E-state index in [1.807, 2.05) is 43.3 Å². The second-order valence-corrected chi connectivity index (χ2v) is 8.66. The maximum absolute atomic E-state index is 13.1. The predicted molar refractivity (Wildman–Crippen MR) is 115 cm³/mol. The van der Waals surface area contributed by atoms with Crippen LogP contribution in [0.3, 0.4) is 0 Å². The number of amides is 1. The molecule has 0 spiro atoms. The van der Waals surface area contributed by atoms with Crippen molar-refractivity contribution in [2.24, 2.45) is 7.05 Å². The SMILES string of the molecule is Cc1c(Cc2ccc(-c3cn(C)nn3)cc2)cc2c(c1Cl)O[C@H]1C[C@H](C)N(C1)C2=O. The minimum atomic E-state index is 0.0126. The van der Waals surface area contributed by atoms with Gasteiger partial charge >= 0.3 is 0 Å². The maximum Gasteiger partial charge on any atom is 0.258 e. The van der Waals surface area contributed by atoms with Gasteiger partial charge in [0.15, 0.2) is 5.75 Å². The third-order valence-corrected chi connectivity index (χ3v) is 6.59. The number of benzene rings is 2. The summed E-state index contributed by atoms with van der Waals surface area (Å²) >= 11 is 6.69. The minimum absolute atomic E-state index is 0.0126. The van der Waals surface area contributed by atoms with Crippen molar-refractivity contribution >= 4 is 17.5 Å². The molecule has 0 aliphatic carbocycles. The third kappa shape index (κ3) is 3.16. The van der Waals surface area contributed by atoms with Crippen LogP contribution >= 0.6 is 11.6 Å². The largest absolute Gasteiger partial charge is 0.486 e. The molecule has 0 N–H and O–H groups in total. The Morgan fingerprint density at radius 3 is 2.73 bits per heavy atom. The monoisotopic (exact) mass is 422 g/mol. The molecule has 30 heavy (non-hydrogen) atoms. The summed E-state index contributed by atoms with van der Waals surface area (Å²) < 4.78 is 7.85. The smallest absolute Gasteiger partial charge is 0.258 e. The summed E-state index contributed by atoms with van der Waals surface area (Å²) in [4.78, 5) is 15.1. The Bertz CT molecular complexity index is 1140. The van der Waals surface area contributed by atoms with Gasteiger partial charge in [0, 0.05) is 25.1 Å². The summed E-state index contributed by atoms with van der Waals surface area (Å²) in [5.74, 6) is 0.555. The lowest BCUT2D eigenvalue weighted by atomic mass is 9.96. The molecule has 6 nitrogen and oxygen atoms in total. The van der Waals surface area contributed by atoms with Gasteiger partial charge in [-0.05, 0) is 43.0 Å². The summed E-state index contributed by atoms with van der Waals surface area (Å²) in [6, 6.07) is 10.4. The first-order valence-electron chi connectivity index (χ1n) is 10.2. The highest BCUT2D eigenvalue weighted by Gasteiger charge is 2.40. The molecule has 2 aliphatic heterocycles. The zero-order valence-electron chi connectivity index (χ0n) is 17.2. The maximum atomic E-state index is 13.1. The van der Waals surface area contributed by atoms with Gasteiger partial charge in [-0.25, -0.2) is 0 Å². The van der Waals surface area contributed by atoms with E-state index >= 15 is 0 Å². The Morgan fingerprint density at radius 2 is 2.03 bits per heavy atom. The van der Waals surface area contributed by atoms with Crippen molar-refractivity contribution in [3.8, 4) is 17.0 Å². The van der Waals surface area contributed by atoms with Gasteiger partial charge in [-0.15, -0.1) is 5.10 Å². The highest BCUT2D eigenvalue weighted by Crippen LogP contribution is 2.41. The molecule has 3 heterocycles. The van der Waals surface area contributed by atoms with E-state index in [9.17, 15) is 4.79 Å². The van der Waals surface area contributed by atoms with Crippen molar-refractivity contribution in [3.05, 3.63) is 63.8 Å². The number of hydrogen-bond acceptors (Lipinski definition) is 4. The molecule has 2 atom stereocenters. The van der Waals surface area contributed by atoms with Crippen molar-refractivity contribution in [3.63, 3.8) is 0 Å². The first-order chi connectivity index (χ1) is 14.4. The van der Waals surface area contributed by atoms with Gasteiger partial charge < -0.3 is 9.64 Å². The number of rotatable bonds is 3. The average molecular weight is 423 g/mol. The van der Waals surface area contributed by atoms with Gasteiger partial charge in [-0.1, -0.05) is 41.1 Å². The molecular formula is C23H23ClN4O2. The van der Waals surface area contributed by atoms with E-state index in [4.69, 9.17) is 16.3 Å². The van der Waals surface area contributed by atoms with Crippen LogP contribution in [0.2, 0.25) is 5.02 Å². The zero-order chi connectivity index (χ0) is 21.0. The molecule has 0 saturated carbocycles. The van der Waals surface area contributed by atoms with Crippen LogP contribution in [0.15, 0.2) is 36.5 Å². The van der Waals surface area contributed by atoms with E-state index in [-0.39, 0.29) is 18.1 Å². The summed E-state index contributed by atoms with van der Waals surface area (Å²) in [6.07, 6.45) is 3.44. The van der Waals surface area contributed by atoms with Crippen LogP contribution in [0.5, 0.6) is 5.75 Å². The molecule has 2 bridgehead atoms. The topological polar surface area (TPSA) is 60.2 Å². The predicted octanol–water partition coefficient (Wildman–Crippen LogP) is 4.03. The Kier molecular flexibility index (Phi) is 4.54. The number of halogens is 1. The number of carbonyl (C=O) groups is 1. The molecule has 1 fully saturated rings. The van der Waals surface area contributed by atoms with Gasteiger partial charge in [0.25, 0.3) is 5.91 Å². The van der Waals surface area contributed by atoms with Gasteiger partial charge in [-0.3, -0.25) is 9.48 Å². The summed E-state index contributed by atoms with van der Waals surface area (Å²) in [5.41, 5.74) is 5.57. The van der Waals surface area contributed by atoms with Crippen molar-refractivity contribution in [2.75, 3.05) is 6.54 Å². The fourth-order valence-corrected chi connectivity index (χ4v) is 4.67. The van der Waals surface area contributed by atoms with Crippen LogP contribution in [-0.2, 0) is 13.5 Å². The quantitative estimate of drug-likeness (QED) is 0.639. The van der Waals surface area contributed by atoms with Crippen LogP contribution in [0.1, 0.15) is 40.4 Å². The molecule has 1 aromatic heterocycles. The highest BCUT2D eigenvalue weighted by molar-refractivity contribution is 6.33. The van der Waals surface area contributed by atoms with E-state index in [2.05, 4.69) is 29.4 Å². The first kappa shape index (κ1) is 19.1. The lowest BCUT2D eigenvalue weighted by Crippen LogP contribution is -2.33. The molecule has 7 heteroatoms. The van der Waals surface area contributed by atoms with E-state index in [1.54, 1.807) is 4.68 Å². The summed E-state index contributed by atoms with van der Waals surface area (Å²) in [7, 11) is 1.85. The van der Waals surface area contributed by atoms with Crippen molar-refractivity contribution in [1.82, 2.24) is 19.9 Å². The molecule has 1 amide bonds. The minimum Gasteiger partial charge on any atom is -0.486 e.